The van der Waals surface area contributed by atoms with Gasteiger partial charge in [0.2, 0.25) is 11.8 Å². The van der Waals surface area contributed by atoms with Crippen LogP contribution in [0.5, 0.6) is 0 Å². The van der Waals surface area contributed by atoms with E-state index < -0.39 is 17.4 Å². The van der Waals surface area contributed by atoms with Crippen molar-refractivity contribution in [1.29, 1.82) is 0 Å². The lowest BCUT2D eigenvalue weighted by Crippen LogP contribution is -2.52. The predicted molar refractivity (Wildman–Crippen MR) is 133 cm³/mol. The first-order valence-corrected chi connectivity index (χ1v) is 11.8. The normalized spacial score (nSPS) is 22.5. The van der Waals surface area contributed by atoms with Crippen LogP contribution in [-0.2, 0) is 26.3 Å². The molecule has 1 spiro atoms. The Morgan fingerprint density at radius 3 is 2.46 bits per heavy atom. The average molecular weight is 470 g/mol. The molecule has 3 aromatic carbocycles. The molecule has 2 heterocycles. The van der Waals surface area contributed by atoms with Crippen LogP contribution in [-0.4, -0.2) is 30.4 Å². The third kappa shape index (κ3) is 4.19. The van der Waals surface area contributed by atoms with Crippen molar-refractivity contribution in [3.63, 3.8) is 0 Å². The Morgan fingerprint density at radius 2 is 1.71 bits per heavy atom. The number of ether oxygens (including phenoxy) is 1. The van der Waals surface area contributed by atoms with Gasteiger partial charge in [0, 0.05) is 23.0 Å². The van der Waals surface area contributed by atoms with Crippen molar-refractivity contribution < 1.29 is 19.1 Å². The van der Waals surface area contributed by atoms with Gasteiger partial charge in [0.25, 0.3) is 0 Å². The molecule has 2 aliphatic heterocycles. The molecule has 7 heteroatoms. The topological polar surface area (TPSA) is 96.5 Å². The zero-order chi connectivity index (χ0) is 24.4. The first-order chi connectivity index (χ1) is 17.0. The van der Waals surface area contributed by atoms with E-state index in [9.17, 15) is 14.4 Å². The maximum absolute atomic E-state index is 13.6. The number of amides is 2. The molecule has 7 nitrogen and oxygen atoms in total. The van der Waals surface area contributed by atoms with Crippen LogP contribution in [0.25, 0.3) is 0 Å². The second kappa shape index (κ2) is 9.35. The first-order valence-electron chi connectivity index (χ1n) is 11.8. The Kier molecular flexibility index (Phi) is 6.09. The smallest absolute Gasteiger partial charge is 0.338 e. The SMILES string of the molecule is CCOC(=O)c1ccc(NC(=O)[C@@H]2C[C@@H](Cc3ccccc3)N[C@@]23C(=O)Nc2ccccc23)cc1. The first kappa shape index (κ1) is 22.8. The standard InChI is InChI=1S/C28H27N3O4/c1-2-35-26(33)19-12-14-20(15-13-19)29-25(32)23-17-21(16-18-8-4-3-5-9-18)31-28(23)22-10-6-7-11-24(22)30-27(28)34/h3-15,21,23,31H,2,16-17H2,1H3,(H,29,32)(H,30,34)/t21-,23+,28-/m1/s1. The molecule has 0 aromatic heterocycles. The van der Waals surface area contributed by atoms with E-state index in [-0.39, 0.29) is 17.9 Å². The van der Waals surface area contributed by atoms with E-state index in [4.69, 9.17) is 4.74 Å². The third-order valence-electron chi connectivity index (χ3n) is 6.74. The largest absolute Gasteiger partial charge is 0.462 e. The number of nitrogens with one attached hydrogen (secondary N) is 3. The van der Waals surface area contributed by atoms with Gasteiger partial charge in [-0.05, 0) is 55.7 Å². The molecule has 3 N–H and O–H groups in total. The van der Waals surface area contributed by atoms with Crippen LogP contribution in [0, 0.1) is 5.92 Å². The summed E-state index contributed by atoms with van der Waals surface area (Å²) < 4.78 is 5.02. The number of esters is 1. The fourth-order valence-electron chi connectivity index (χ4n) is 5.18. The van der Waals surface area contributed by atoms with Crippen LogP contribution in [0.3, 0.4) is 0 Å². The minimum Gasteiger partial charge on any atom is -0.462 e. The molecule has 3 atom stereocenters. The molecule has 35 heavy (non-hydrogen) atoms. The Balaban J connectivity index is 1.43. The van der Waals surface area contributed by atoms with Crippen LogP contribution in [0.2, 0.25) is 0 Å². The zero-order valence-electron chi connectivity index (χ0n) is 19.4. The van der Waals surface area contributed by atoms with Gasteiger partial charge in [0.15, 0.2) is 0 Å². The molecule has 0 saturated carbocycles. The monoisotopic (exact) mass is 469 g/mol. The summed E-state index contributed by atoms with van der Waals surface area (Å²) >= 11 is 0. The van der Waals surface area contributed by atoms with Gasteiger partial charge in [-0.2, -0.15) is 0 Å². The molecule has 0 bridgehead atoms. The second-order valence-electron chi connectivity index (χ2n) is 8.91. The molecule has 0 aliphatic carbocycles. The second-order valence-corrected chi connectivity index (χ2v) is 8.91. The summed E-state index contributed by atoms with van der Waals surface area (Å²) in [6.45, 7) is 2.04. The van der Waals surface area contributed by atoms with Crippen molar-refractivity contribution in [2.75, 3.05) is 17.2 Å². The number of hydrogen-bond donors (Lipinski definition) is 3. The van der Waals surface area contributed by atoms with Crippen molar-refractivity contribution in [2.45, 2.75) is 31.3 Å². The van der Waals surface area contributed by atoms with E-state index >= 15 is 0 Å². The minimum absolute atomic E-state index is 0.0590. The fraction of sp³-hybridized carbons (Fsp3) is 0.250. The van der Waals surface area contributed by atoms with Gasteiger partial charge < -0.3 is 15.4 Å². The van der Waals surface area contributed by atoms with Gasteiger partial charge in [-0.1, -0.05) is 48.5 Å². The number of rotatable bonds is 6. The number of para-hydroxylation sites is 1. The summed E-state index contributed by atoms with van der Waals surface area (Å²) in [7, 11) is 0. The Bertz CT molecular complexity index is 1260. The highest BCUT2D eigenvalue weighted by atomic mass is 16.5. The van der Waals surface area contributed by atoms with Crippen LogP contribution in [0.4, 0.5) is 11.4 Å². The van der Waals surface area contributed by atoms with Gasteiger partial charge in [0.05, 0.1) is 18.1 Å². The quantitative estimate of drug-likeness (QED) is 0.477. The number of carbonyl (C=O) groups excluding carboxylic acids is 3. The molecule has 178 valence electrons. The summed E-state index contributed by atoms with van der Waals surface area (Å²) in [6.07, 6.45) is 1.21. The maximum atomic E-state index is 13.6. The molecule has 1 fully saturated rings. The Morgan fingerprint density at radius 1 is 1.00 bits per heavy atom. The van der Waals surface area contributed by atoms with Crippen LogP contribution in [0.15, 0.2) is 78.9 Å². The molecule has 5 rings (SSSR count). The molecule has 3 aromatic rings. The maximum Gasteiger partial charge on any atom is 0.338 e. The van der Waals surface area contributed by atoms with Crippen molar-refractivity contribution in [3.8, 4) is 0 Å². The number of hydrogen-bond acceptors (Lipinski definition) is 5. The van der Waals surface area contributed by atoms with E-state index in [1.165, 1.54) is 0 Å². The van der Waals surface area contributed by atoms with Gasteiger partial charge in [0.1, 0.15) is 5.54 Å². The summed E-state index contributed by atoms with van der Waals surface area (Å²) in [5, 5.41) is 9.46. The molecular weight excluding hydrogens is 442 g/mol. The number of fused-ring (bicyclic) bond motifs is 2. The molecule has 0 radical (unpaired) electrons. The summed E-state index contributed by atoms with van der Waals surface area (Å²) in [5.41, 5.74) is 2.47. The molecule has 2 amide bonds. The lowest BCUT2D eigenvalue weighted by atomic mass is 9.79. The summed E-state index contributed by atoms with van der Waals surface area (Å²) in [6, 6.07) is 24.1. The van der Waals surface area contributed by atoms with Crippen LogP contribution >= 0.6 is 0 Å². The molecule has 2 aliphatic rings. The van der Waals surface area contributed by atoms with E-state index in [0.29, 0.717) is 30.7 Å². The lowest BCUT2D eigenvalue weighted by molar-refractivity contribution is -0.130. The Labute approximate surface area is 203 Å². The van der Waals surface area contributed by atoms with Gasteiger partial charge in [-0.15, -0.1) is 0 Å². The summed E-state index contributed by atoms with van der Waals surface area (Å²) in [5.74, 6) is -1.49. The van der Waals surface area contributed by atoms with E-state index in [2.05, 4.69) is 28.1 Å². The van der Waals surface area contributed by atoms with Crippen LogP contribution in [0.1, 0.15) is 34.8 Å². The van der Waals surface area contributed by atoms with E-state index in [0.717, 1.165) is 16.8 Å². The highest BCUT2D eigenvalue weighted by Crippen LogP contribution is 2.47. The van der Waals surface area contributed by atoms with Crippen molar-refractivity contribution in [3.05, 3.63) is 95.6 Å². The number of carbonyl (C=O) groups is 3. The third-order valence-corrected chi connectivity index (χ3v) is 6.74. The van der Waals surface area contributed by atoms with Crippen LogP contribution < -0.4 is 16.0 Å². The Hall–Kier alpha value is -3.97. The number of benzene rings is 3. The van der Waals surface area contributed by atoms with E-state index in [1.807, 2.05) is 42.5 Å². The van der Waals surface area contributed by atoms with Gasteiger partial charge in [-0.25, -0.2) is 4.79 Å². The predicted octanol–water partition coefficient (Wildman–Crippen LogP) is 3.87. The average Bonchev–Trinajstić information content (AvgIpc) is 3.38. The minimum atomic E-state index is -1.15. The number of anilines is 2. The van der Waals surface area contributed by atoms with E-state index in [1.54, 1.807) is 31.2 Å². The lowest BCUT2D eigenvalue weighted by Gasteiger charge is -2.29. The molecular formula is C28H27N3O4. The fourth-order valence-corrected chi connectivity index (χ4v) is 5.18. The van der Waals surface area contributed by atoms with Crippen molar-refractivity contribution in [1.82, 2.24) is 5.32 Å². The molecule has 0 unspecified atom stereocenters. The van der Waals surface area contributed by atoms with Gasteiger partial charge in [-0.3, -0.25) is 14.9 Å². The highest BCUT2D eigenvalue weighted by molar-refractivity contribution is 6.10. The van der Waals surface area contributed by atoms with Crippen molar-refractivity contribution in [2.24, 2.45) is 5.92 Å². The summed E-state index contributed by atoms with van der Waals surface area (Å²) in [4.78, 5) is 39.0. The molecule has 1 saturated heterocycles. The zero-order valence-corrected chi connectivity index (χ0v) is 19.4. The highest BCUT2D eigenvalue weighted by Gasteiger charge is 2.59. The van der Waals surface area contributed by atoms with Crippen molar-refractivity contribution >= 4 is 29.2 Å². The van der Waals surface area contributed by atoms with Gasteiger partial charge >= 0.3 is 5.97 Å².